The van der Waals surface area contributed by atoms with Gasteiger partial charge in [0.15, 0.2) is 0 Å². The molecular weight excluding hydrogens is 256 g/mol. The average molecular weight is 288 g/mol. The van der Waals surface area contributed by atoms with Gasteiger partial charge in [0.25, 0.3) is 0 Å². The van der Waals surface area contributed by atoms with E-state index in [2.05, 4.69) is 34.6 Å². The number of carbonyl (C=O) groups is 1. The van der Waals surface area contributed by atoms with Gasteiger partial charge in [-0.15, -0.1) is 0 Å². The Morgan fingerprint density at radius 2 is 1.75 bits per heavy atom. The Kier molecular flexibility index (Phi) is 9.06. The molecule has 0 spiro atoms. The maximum Gasteiger partial charge on any atom is 0.308 e. The van der Waals surface area contributed by atoms with Crippen LogP contribution in [0.1, 0.15) is 54.4 Å². The smallest absolute Gasteiger partial charge is 0.308 e. The second-order valence-electron chi connectivity index (χ2n) is 6.73. The first-order valence-electron chi connectivity index (χ1n) is 7.59. The molecule has 0 amide bonds. The van der Waals surface area contributed by atoms with Crippen LogP contribution in [0.4, 0.5) is 0 Å². The van der Waals surface area contributed by atoms with E-state index in [0.717, 1.165) is 6.42 Å². The van der Waals surface area contributed by atoms with Crippen molar-refractivity contribution < 1.29 is 19.4 Å². The third-order valence-corrected chi connectivity index (χ3v) is 3.65. The highest BCUT2D eigenvalue weighted by atomic mass is 16.6. The van der Waals surface area contributed by atoms with Crippen LogP contribution in [-0.4, -0.2) is 37.0 Å². The fourth-order valence-electron chi connectivity index (χ4n) is 2.21. The van der Waals surface area contributed by atoms with Gasteiger partial charge in [-0.25, -0.2) is 0 Å². The molecule has 0 saturated carbocycles. The normalized spacial score (nSPS) is 16.2. The maximum atomic E-state index is 11.2. The summed E-state index contributed by atoms with van der Waals surface area (Å²) >= 11 is 0. The van der Waals surface area contributed by atoms with Crippen LogP contribution in [0.5, 0.6) is 0 Å². The van der Waals surface area contributed by atoms with Crippen LogP contribution in [0.25, 0.3) is 0 Å². The van der Waals surface area contributed by atoms with Gasteiger partial charge in [0.05, 0.1) is 25.7 Å². The van der Waals surface area contributed by atoms with Crippen LogP contribution in [0.3, 0.4) is 0 Å². The van der Waals surface area contributed by atoms with E-state index in [0.29, 0.717) is 25.0 Å². The SMILES string of the molecule is CC(C)CC(C)(COCCOC(=O)CC(C)O)C(C)C. The second kappa shape index (κ2) is 9.35. The van der Waals surface area contributed by atoms with E-state index in [1.54, 1.807) is 6.92 Å². The molecule has 0 bridgehead atoms. The first kappa shape index (κ1) is 19.4. The van der Waals surface area contributed by atoms with Crippen LogP contribution in [0.15, 0.2) is 0 Å². The van der Waals surface area contributed by atoms with Crippen molar-refractivity contribution in [2.24, 2.45) is 17.3 Å². The third kappa shape index (κ3) is 8.54. The standard InChI is InChI=1S/C16H32O4/c1-12(2)10-16(6,13(3)4)11-19-7-8-20-15(18)9-14(5)17/h12-14,17H,7-11H2,1-6H3. The molecule has 0 aliphatic heterocycles. The van der Waals surface area contributed by atoms with Crippen molar-refractivity contribution in [2.45, 2.75) is 60.5 Å². The fourth-order valence-corrected chi connectivity index (χ4v) is 2.21. The van der Waals surface area contributed by atoms with E-state index in [1.807, 2.05) is 0 Å². The zero-order valence-electron chi connectivity index (χ0n) is 13.9. The Bertz CT molecular complexity index is 274. The minimum Gasteiger partial charge on any atom is -0.463 e. The average Bonchev–Trinajstić information content (AvgIpc) is 2.26. The molecule has 2 unspecified atom stereocenters. The highest BCUT2D eigenvalue weighted by molar-refractivity contribution is 5.69. The maximum absolute atomic E-state index is 11.2. The van der Waals surface area contributed by atoms with Crippen LogP contribution >= 0.6 is 0 Å². The first-order chi connectivity index (χ1) is 9.17. The number of hydrogen-bond donors (Lipinski definition) is 1. The van der Waals surface area contributed by atoms with Crippen molar-refractivity contribution in [3.8, 4) is 0 Å². The Balaban J connectivity index is 3.93. The Morgan fingerprint density at radius 1 is 1.15 bits per heavy atom. The number of aliphatic hydroxyl groups excluding tert-OH is 1. The van der Waals surface area contributed by atoms with E-state index < -0.39 is 6.10 Å². The molecule has 0 aliphatic rings. The summed E-state index contributed by atoms with van der Waals surface area (Å²) in [5.74, 6) is 0.801. The zero-order chi connectivity index (χ0) is 15.8. The molecule has 0 saturated heterocycles. The topological polar surface area (TPSA) is 55.8 Å². The van der Waals surface area contributed by atoms with Crippen molar-refractivity contribution in [2.75, 3.05) is 19.8 Å². The summed E-state index contributed by atoms with van der Waals surface area (Å²) in [4.78, 5) is 11.2. The third-order valence-electron chi connectivity index (χ3n) is 3.65. The number of hydrogen-bond acceptors (Lipinski definition) is 4. The molecule has 20 heavy (non-hydrogen) atoms. The van der Waals surface area contributed by atoms with Gasteiger partial charge in [-0.3, -0.25) is 4.79 Å². The van der Waals surface area contributed by atoms with Gasteiger partial charge >= 0.3 is 5.97 Å². The number of ether oxygens (including phenoxy) is 2. The van der Waals surface area contributed by atoms with Crippen LogP contribution < -0.4 is 0 Å². The number of carbonyl (C=O) groups excluding carboxylic acids is 1. The lowest BCUT2D eigenvalue weighted by Crippen LogP contribution is -2.31. The predicted molar refractivity (Wildman–Crippen MR) is 80.5 cm³/mol. The van der Waals surface area contributed by atoms with E-state index in [-0.39, 0.29) is 24.4 Å². The molecule has 0 radical (unpaired) electrons. The molecule has 4 nitrogen and oxygen atoms in total. The number of esters is 1. The number of rotatable bonds is 10. The molecule has 0 aliphatic carbocycles. The minimum atomic E-state index is -0.654. The fraction of sp³-hybridized carbons (Fsp3) is 0.938. The van der Waals surface area contributed by atoms with Gasteiger partial charge in [0, 0.05) is 0 Å². The molecule has 0 aromatic heterocycles. The molecule has 0 fully saturated rings. The molecule has 0 heterocycles. The van der Waals surface area contributed by atoms with Gasteiger partial charge in [-0.1, -0.05) is 34.6 Å². The predicted octanol–water partition coefficient (Wildman–Crippen LogP) is 3.03. The second-order valence-corrected chi connectivity index (χ2v) is 6.73. The van der Waals surface area contributed by atoms with Crippen molar-refractivity contribution in [1.82, 2.24) is 0 Å². The molecule has 0 rings (SSSR count). The van der Waals surface area contributed by atoms with E-state index in [1.165, 1.54) is 0 Å². The lowest BCUT2D eigenvalue weighted by atomic mass is 9.74. The summed E-state index contributed by atoms with van der Waals surface area (Å²) in [6, 6.07) is 0. The van der Waals surface area contributed by atoms with Crippen LogP contribution in [0, 0.1) is 17.3 Å². The molecular formula is C16H32O4. The molecule has 2 atom stereocenters. The van der Waals surface area contributed by atoms with Crippen LogP contribution in [-0.2, 0) is 14.3 Å². The molecule has 4 heteroatoms. The van der Waals surface area contributed by atoms with Crippen molar-refractivity contribution in [3.63, 3.8) is 0 Å². The first-order valence-corrected chi connectivity index (χ1v) is 7.59. The number of aliphatic hydroxyl groups is 1. The van der Waals surface area contributed by atoms with Gasteiger partial charge in [-0.2, -0.15) is 0 Å². The summed E-state index contributed by atoms with van der Waals surface area (Å²) < 4.78 is 10.7. The summed E-state index contributed by atoms with van der Waals surface area (Å²) in [6.07, 6.45) is 0.502. The van der Waals surface area contributed by atoms with Crippen molar-refractivity contribution in [1.29, 1.82) is 0 Å². The molecule has 0 aromatic carbocycles. The van der Waals surface area contributed by atoms with Gasteiger partial charge in [0.1, 0.15) is 6.61 Å². The quantitative estimate of drug-likeness (QED) is 0.496. The van der Waals surface area contributed by atoms with E-state index in [4.69, 9.17) is 14.6 Å². The zero-order valence-corrected chi connectivity index (χ0v) is 13.9. The van der Waals surface area contributed by atoms with Gasteiger partial charge < -0.3 is 14.6 Å². The summed E-state index contributed by atoms with van der Waals surface area (Å²) in [5, 5.41) is 9.05. The summed E-state index contributed by atoms with van der Waals surface area (Å²) in [5.41, 5.74) is 0.151. The Hall–Kier alpha value is -0.610. The van der Waals surface area contributed by atoms with Gasteiger partial charge in [-0.05, 0) is 30.6 Å². The largest absolute Gasteiger partial charge is 0.463 e. The minimum absolute atomic E-state index is 0.0387. The van der Waals surface area contributed by atoms with Crippen LogP contribution in [0.2, 0.25) is 0 Å². The highest BCUT2D eigenvalue weighted by Crippen LogP contribution is 2.34. The molecule has 120 valence electrons. The lowest BCUT2D eigenvalue weighted by molar-refractivity contribution is -0.147. The summed E-state index contributed by atoms with van der Waals surface area (Å²) in [7, 11) is 0. The van der Waals surface area contributed by atoms with Gasteiger partial charge in [0.2, 0.25) is 0 Å². The monoisotopic (exact) mass is 288 g/mol. The lowest BCUT2D eigenvalue weighted by Gasteiger charge is -2.35. The Labute approximate surface area is 123 Å². The molecule has 0 aromatic rings. The van der Waals surface area contributed by atoms with Crippen molar-refractivity contribution in [3.05, 3.63) is 0 Å². The van der Waals surface area contributed by atoms with E-state index >= 15 is 0 Å². The Morgan fingerprint density at radius 3 is 2.20 bits per heavy atom. The summed E-state index contributed by atoms with van der Waals surface area (Å²) in [6.45, 7) is 14.0. The van der Waals surface area contributed by atoms with E-state index in [9.17, 15) is 4.79 Å². The highest BCUT2D eigenvalue weighted by Gasteiger charge is 2.29. The molecule has 1 N–H and O–H groups in total. The van der Waals surface area contributed by atoms with Crippen molar-refractivity contribution >= 4 is 5.97 Å².